The third kappa shape index (κ3) is 5.64. The first kappa shape index (κ1) is 15.6. The average molecular weight is 254 g/mol. The Bertz CT molecular complexity index is 465. The van der Waals surface area contributed by atoms with Crippen LogP contribution in [0.15, 0.2) is 39.8 Å². The fourth-order valence-electron chi connectivity index (χ4n) is 0.766. The van der Waals surface area contributed by atoms with Crippen LogP contribution in [0.4, 0.5) is 0 Å². The molecule has 0 aliphatic heterocycles. The molecule has 1 aromatic heterocycles. The summed E-state index contributed by atoms with van der Waals surface area (Å²) in [6.07, 6.45) is 1.06. The maximum Gasteiger partial charge on any atom is 0.341 e. The standard InChI is InChI=1S/C7H6O4.C5H8O2/c1-10-7(9)5-2-3-6(8)11-4-5;1-4(2)5(6)7-3/h2-4H,1H3;1H2,2-3H3. The van der Waals surface area contributed by atoms with Crippen LogP contribution in [-0.4, -0.2) is 26.2 Å². The van der Waals surface area contributed by atoms with Crippen molar-refractivity contribution in [1.82, 2.24) is 0 Å². The minimum atomic E-state index is -0.520. The molecule has 0 fully saturated rings. The number of hydrogen-bond acceptors (Lipinski definition) is 6. The summed E-state index contributed by atoms with van der Waals surface area (Å²) in [6, 6.07) is 2.50. The lowest BCUT2D eigenvalue weighted by Gasteiger charge is -1.94. The van der Waals surface area contributed by atoms with Crippen LogP contribution < -0.4 is 5.63 Å². The van der Waals surface area contributed by atoms with E-state index in [4.69, 9.17) is 0 Å². The lowest BCUT2D eigenvalue weighted by molar-refractivity contribution is -0.136. The zero-order valence-corrected chi connectivity index (χ0v) is 10.4. The Morgan fingerprint density at radius 1 is 1.22 bits per heavy atom. The minimum absolute atomic E-state index is 0.229. The summed E-state index contributed by atoms with van der Waals surface area (Å²) in [4.78, 5) is 31.3. The first-order valence-electron chi connectivity index (χ1n) is 4.83. The summed E-state index contributed by atoms with van der Waals surface area (Å²) in [7, 11) is 2.59. The lowest BCUT2D eigenvalue weighted by atomic mass is 10.3. The van der Waals surface area contributed by atoms with E-state index in [2.05, 4.69) is 20.5 Å². The zero-order valence-electron chi connectivity index (χ0n) is 10.4. The number of methoxy groups -OCH3 is 2. The monoisotopic (exact) mass is 254 g/mol. The number of esters is 2. The van der Waals surface area contributed by atoms with E-state index in [-0.39, 0.29) is 11.5 Å². The van der Waals surface area contributed by atoms with Crippen LogP contribution in [0.5, 0.6) is 0 Å². The van der Waals surface area contributed by atoms with Crippen molar-refractivity contribution in [3.63, 3.8) is 0 Å². The summed E-state index contributed by atoms with van der Waals surface area (Å²) in [6.45, 7) is 4.95. The number of rotatable bonds is 2. The molecule has 0 aromatic carbocycles. The molecule has 0 aliphatic carbocycles. The molecule has 0 amide bonds. The van der Waals surface area contributed by atoms with Crippen LogP contribution in [0.1, 0.15) is 17.3 Å². The molecule has 1 heterocycles. The number of ether oxygens (including phenoxy) is 2. The van der Waals surface area contributed by atoms with E-state index in [0.717, 1.165) is 12.3 Å². The second kappa shape index (κ2) is 7.83. The van der Waals surface area contributed by atoms with Gasteiger partial charge in [0.1, 0.15) is 6.26 Å². The van der Waals surface area contributed by atoms with Crippen molar-refractivity contribution >= 4 is 11.9 Å². The number of carbonyl (C=O) groups excluding carboxylic acids is 2. The predicted molar refractivity (Wildman–Crippen MR) is 63.1 cm³/mol. The molecule has 18 heavy (non-hydrogen) atoms. The second-order valence-corrected chi connectivity index (χ2v) is 3.11. The van der Waals surface area contributed by atoms with E-state index in [1.165, 1.54) is 20.3 Å². The third-order valence-electron chi connectivity index (χ3n) is 1.66. The molecule has 0 bridgehead atoms. The number of hydrogen-bond donors (Lipinski definition) is 0. The maximum atomic E-state index is 10.7. The van der Waals surface area contributed by atoms with Crippen molar-refractivity contribution in [2.45, 2.75) is 6.92 Å². The van der Waals surface area contributed by atoms with Gasteiger partial charge in [0, 0.05) is 11.6 Å². The molecule has 0 saturated heterocycles. The van der Waals surface area contributed by atoms with Gasteiger partial charge in [-0.2, -0.15) is 0 Å². The lowest BCUT2D eigenvalue weighted by Crippen LogP contribution is -2.03. The van der Waals surface area contributed by atoms with Gasteiger partial charge in [0.15, 0.2) is 0 Å². The Hall–Kier alpha value is -2.37. The topological polar surface area (TPSA) is 82.8 Å². The quantitative estimate of drug-likeness (QED) is 0.581. The second-order valence-electron chi connectivity index (χ2n) is 3.11. The van der Waals surface area contributed by atoms with Crippen molar-refractivity contribution in [3.05, 3.63) is 46.5 Å². The largest absolute Gasteiger partial charge is 0.466 e. The smallest absolute Gasteiger partial charge is 0.341 e. The minimum Gasteiger partial charge on any atom is -0.466 e. The molecule has 6 heteroatoms. The van der Waals surface area contributed by atoms with E-state index in [9.17, 15) is 14.4 Å². The molecule has 0 atom stereocenters. The molecule has 0 radical (unpaired) electrons. The molecule has 0 spiro atoms. The van der Waals surface area contributed by atoms with E-state index >= 15 is 0 Å². The van der Waals surface area contributed by atoms with Gasteiger partial charge < -0.3 is 13.9 Å². The van der Waals surface area contributed by atoms with Crippen LogP contribution in [-0.2, 0) is 14.3 Å². The van der Waals surface area contributed by atoms with Crippen LogP contribution in [0.25, 0.3) is 0 Å². The Morgan fingerprint density at radius 3 is 2.11 bits per heavy atom. The van der Waals surface area contributed by atoms with E-state index in [1.807, 2.05) is 0 Å². The molecule has 6 nitrogen and oxygen atoms in total. The Kier molecular flexibility index (Phi) is 6.80. The van der Waals surface area contributed by atoms with Crippen molar-refractivity contribution in [2.24, 2.45) is 0 Å². The van der Waals surface area contributed by atoms with Crippen LogP contribution in [0.3, 0.4) is 0 Å². The molecule has 1 rings (SSSR count). The molecule has 0 unspecified atom stereocenters. The summed E-state index contributed by atoms with van der Waals surface area (Å²) >= 11 is 0. The van der Waals surface area contributed by atoms with Crippen LogP contribution in [0.2, 0.25) is 0 Å². The van der Waals surface area contributed by atoms with Crippen LogP contribution in [0, 0.1) is 0 Å². The molecular formula is C12H14O6. The van der Waals surface area contributed by atoms with Gasteiger partial charge in [-0.15, -0.1) is 0 Å². The highest BCUT2D eigenvalue weighted by Crippen LogP contribution is 1.96. The molecule has 98 valence electrons. The van der Waals surface area contributed by atoms with Gasteiger partial charge in [-0.1, -0.05) is 6.58 Å². The van der Waals surface area contributed by atoms with E-state index < -0.39 is 11.6 Å². The fourth-order valence-corrected chi connectivity index (χ4v) is 0.766. The molecular weight excluding hydrogens is 240 g/mol. The van der Waals surface area contributed by atoms with Crippen molar-refractivity contribution < 1.29 is 23.5 Å². The summed E-state index contributed by atoms with van der Waals surface area (Å²) in [5, 5.41) is 0. The van der Waals surface area contributed by atoms with Crippen molar-refractivity contribution in [3.8, 4) is 0 Å². The van der Waals surface area contributed by atoms with Crippen molar-refractivity contribution in [2.75, 3.05) is 14.2 Å². The molecule has 0 aliphatic rings. The van der Waals surface area contributed by atoms with Gasteiger partial charge >= 0.3 is 17.6 Å². The Morgan fingerprint density at radius 2 is 1.83 bits per heavy atom. The highest BCUT2D eigenvalue weighted by Gasteiger charge is 2.04. The molecule has 0 N–H and O–H groups in total. The van der Waals surface area contributed by atoms with Crippen molar-refractivity contribution in [1.29, 1.82) is 0 Å². The van der Waals surface area contributed by atoms with E-state index in [1.54, 1.807) is 6.92 Å². The molecule has 0 saturated carbocycles. The summed E-state index contributed by atoms with van der Waals surface area (Å²) in [5.74, 6) is -0.867. The summed E-state index contributed by atoms with van der Waals surface area (Å²) in [5.41, 5.74) is 0.173. The normalized spacial score (nSPS) is 8.61. The maximum absolute atomic E-state index is 10.7. The van der Waals surface area contributed by atoms with Gasteiger partial charge in [0.25, 0.3) is 0 Å². The third-order valence-corrected chi connectivity index (χ3v) is 1.66. The van der Waals surface area contributed by atoms with Gasteiger partial charge in [-0.05, 0) is 13.0 Å². The molecule has 1 aromatic rings. The van der Waals surface area contributed by atoms with E-state index in [0.29, 0.717) is 5.57 Å². The SMILES string of the molecule is C=C(C)C(=O)OC.COC(=O)c1ccc(=O)oc1. The highest BCUT2D eigenvalue weighted by molar-refractivity contribution is 5.88. The predicted octanol–water partition coefficient (Wildman–Crippen LogP) is 1.16. The van der Waals surface area contributed by atoms with Gasteiger partial charge in [0.05, 0.1) is 19.8 Å². The van der Waals surface area contributed by atoms with Gasteiger partial charge in [-0.25, -0.2) is 14.4 Å². The summed E-state index contributed by atoms with van der Waals surface area (Å²) < 4.78 is 13.1. The highest BCUT2D eigenvalue weighted by atomic mass is 16.5. The Labute approximate surface area is 104 Å². The fraction of sp³-hybridized carbons (Fsp3) is 0.250. The number of carbonyl (C=O) groups is 2. The Balaban J connectivity index is 0.000000360. The van der Waals surface area contributed by atoms with Crippen LogP contribution >= 0.6 is 0 Å². The average Bonchev–Trinajstić information content (AvgIpc) is 2.38. The van der Waals surface area contributed by atoms with Gasteiger partial charge in [0.2, 0.25) is 0 Å². The first-order chi connectivity index (χ1) is 8.42. The van der Waals surface area contributed by atoms with Gasteiger partial charge in [-0.3, -0.25) is 0 Å². The first-order valence-corrected chi connectivity index (χ1v) is 4.83. The zero-order chi connectivity index (χ0) is 14.1.